The molecular weight excluding hydrogens is 221 g/mol. The van der Waals surface area contributed by atoms with E-state index in [1.54, 1.807) is 12.1 Å². The van der Waals surface area contributed by atoms with Gasteiger partial charge in [-0.15, -0.1) is 0 Å². The van der Waals surface area contributed by atoms with Crippen LogP contribution in [0.5, 0.6) is 0 Å². The van der Waals surface area contributed by atoms with Crippen LogP contribution in [-0.2, 0) is 4.74 Å². The minimum absolute atomic E-state index is 0.136. The first-order valence-corrected chi connectivity index (χ1v) is 5.09. The van der Waals surface area contributed by atoms with Gasteiger partial charge >= 0.3 is 0 Å². The Balaban J connectivity index is 2.33. The molecule has 74 valence electrons. The molecule has 0 radical (unpaired) electrons. The Morgan fingerprint density at radius 3 is 2.79 bits per heavy atom. The second kappa shape index (κ2) is 3.79. The summed E-state index contributed by atoms with van der Waals surface area (Å²) in [6.07, 6.45) is 0.136. The first kappa shape index (κ1) is 9.81. The van der Waals surface area contributed by atoms with E-state index in [0.717, 1.165) is 5.56 Å². The number of hydrogen-bond acceptors (Lipinski definition) is 2. The standard InChI is InChI=1S/C10H9Cl2NO/c1-6-5-13-10(14-6)8-3-2-7(11)4-9(8)12/h2-4,6H,5H2,1H3. The number of aliphatic imine (C=N–C) groups is 1. The van der Waals surface area contributed by atoms with Gasteiger partial charge in [0.15, 0.2) is 0 Å². The molecule has 0 amide bonds. The Morgan fingerprint density at radius 1 is 1.43 bits per heavy atom. The van der Waals surface area contributed by atoms with Crippen molar-refractivity contribution in [2.75, 3.05) is 6.54 Å². The van der Waals surface area contributed by atoms with Gasteiger partial charge in [0.2, 0.25) is 5.90 Å². The normalized spacial score (nSPS) is 20.5. The quantitative estimate of drug-likeness (QED) is 0.726. The fraction of sp³-hybridized carbons (Fsp3) is 0.300. The van der Waals surface area contributed by atoms with E-state index in [1.165, 1.54) is 0 Å². The lowest BCUT2D eigenvalue weighted by Crippen LogP contribution is -2.08. The fourth-order valence-corrected chi connectivity index (χ4v) is 1.78. The molecule has 14 heavy (non-hydrogen) atoms. The van der Waals surface area contributed by atoms with Crippen molar-refractivity contribution in [3.05, 3.63) is 33.8 Å². The molecule has 1 heterocycles. The van der Waals surface area contributed by atoms with Gasteiger partial charge < -0.3 is 4.74 Å². The fourth-order valence-electron chi connectivity index (χ4n) is 1.29. The van der Waals surface area contributed by atoms with Crippen LogP contribution in [0.3, 0.4) is 0 Å². The number of rotatable bonds is 1. The van der Waals surface area contributed by atoms with Crippen molar-refractivity contribution in [3.8, 4) is 0 Å². The summed E-state index contributed by atoms with van der Waals surface area (Å²) in [6, 6.07) is 5.28. The molecule has 0 aliphatic carbocycles. The lowest BCUT2D eigenvalue weighted by molar-refractivity contribution is 0.246. The van der Waals surface area contributed by atoms with Crippen LogP contribution in [0.2, 0.25) is 10.0 Å². The number of hydrogen-bond donors (Lipinski definition) is 0. The van der Waals surface area contributed by atoms with Gasteiger partial charge in [0.05, 0.1) is 17.1 Å². The van der Waals surface area contributed by atoms with Gasteiger partial charge in [-0.2, -0.15) is 0 Å². The summed E-state index contributed by atoms with van der Waals surface area (Å²) in [6.45, 7) is 2.66. The Hall–Kier alpha value is -0.730. The van der Waals surface area contributed by atoms with Crippen LogP contribution >= 0.6 is 23.2 Å². The molecule has 4 heteroatoms. The van der Waals surface area contributed by atoms with E-state index in [0.29, 0.717) is 22.5 Å². The predicted octanol–water partition coefficient (Wildman–Crippen LogP) is 3.16. The third-order valence-corrected chi connectivity index (χ3v) is 2.51. The molecule has 0 N–H and O–H groups in total. The molecule has 0 aromatic heterocycles. The topological polar surface area (TPSA) is 21.6 Å². The number of benzene rings is 1. The molecule has 0 bridgehead atoms. The highest BCUT2D eigenvalue weighted by Gasteiger charge is 2.18. The molecule has 2 nitrogen and oxygen atoms in total. The van der Waals surface area contributed by atoms with E-state index in [2.05, 4.69) is 4.99 Å². The average molecular weight is 230 g/mol. The molecule has 1 aliphatic heterocycles. The minimum Gasteiger partial charge on any atom is -0.472 e. The Bertz CT molecular complexity index is 390. The minimum atomic E-state index is 0.136. The smallest absolute Gasteiger partial charge is 0.218 e. The molecule has 0 saturated heterocycles. The van der Waals surface area contributed by atoms with Crippen molar-refractivity contribution in [3.63, 3.8) is 0 Å². The third-order valence-electron chi connectivity index (χ3n) is 1.97. The summed E-state index contributed by atoms with van der Waals surface area (Å²) in [5.41, 5.74) is 0.806. The third kappa shape index (κ3) is 1.86. The maximum atomic E-state index is 6.01. The maximum Gasteiger partial charge on any atom is 0.218 e. The van der Waals surface area contributed by atoms with Gasteiger partial charge in [-0.05, 0) is 25.1 Å². The molecule has 2 rings (SSSR count). The second-order valence-corrected chi connectivity index (χ2v) is 4.04. The van der Waals surface area contributed by atoms with E-state index < -0.39 is 0 Å². The van der Waals surface area contributed by atoms with Crippen LogP contribution in [0.15, 0.2) is 23.2 Å². The highest BCUT2D eigenvalue weighted by atomic mass is 35.5. The number of ether oxygens (including phenoxy) is 1. The molecule has 1 aromatic carbocycles. The summed E-state index contributed by atoms with van der Waals surface area (Å²) in [5.74, 6) is 0.610. The summed E-state index contributed by atoms with van der Waals surface area (Å²) in [4.78, 5) is 4.24. The van der Waals surface area contributed by atoms with Crippen LogP contribution < -0.4 is 0 Å². The highest BCUT2D eigenvalue weighted by molar-refractivity contribution is 6.36. The number of nitrogens with zero attached hydrogens (tertiary/aromatic N) is 1. The lowest BCUT2D eigenvalue weighted by atomic mass is 10.2. The first-order valence-electron chi connectivity index (χ1n) is 4.33. The summed E-state index contributed by atoms with van der Waals surface area (Å²) in [7, 11) is 0. The highest BCUT2D eigenvalue weighted by Crippen LogP contribution is 2.24. The SMILES string of the molecule is CC1CN=C(c2ccc(Cl)cc2Cl)O1. The van der Waals surface area contributed by atoms with Crippen LogP contribution in [0.4, 0.5) is 0 Å². The summed E-state index contributed by atoms with van der Waals surface area (Å²) >= 11 is 11.8. The van der Waals surface area contributed by atoms with Crippen molar-refractivity contribution in [2.45, 2.75) is 13.0 Å². The predicted molar refractivity (Wildman–Crippen MR) is 58.4 cm³/mol. The summed E-state index contributed by atoms with van der Waals surface area (Å²) in [5, 5.41) is 1.19. The van der Waals surface area contributed by atoms with Crippen LogP contribution in [-0.4, -0.2) is 18.5 Å². The molecule has 0 spiro atoms. The molecule has 1 aliphatic rings. The largest absolute Gasteiger partial charge is 0.472 e. The molecule has 0 fully saturated rings. The zero-order valence-corrected chi connectivity index (χ0v) is 9.14. The van der Waals surface area contributed by atoms with Gasteiger partial charge in [-0.3, -0.25) is 0 Å². The van der Waals surface area contributed by atoms with Gasteiger partial charge in [-0.25, -0.2) is 4.99 Å². The van der Waals surface area contributed by atoms with Gasteiger partial charge in [0.25, 0.3) is 0 Å². The van der Waals surface area contributed by atoms with Crippen LogP contribution in [0.25, 0.3) is 0 Å². The van der Waals surface area contributed by atoms with Gasteiger partial charge in [0.1, 0.15) is 6.10 Å². The van der Waals surface area contributed by atoms with Crippen molar-refractivity contribution in [1.29, 1.82) is 0 Å². The van der Waals surface area contributed by atoms with Crippen LogP contribution in [0.1, 0.15) is 12.5 Å². The Kier molecular flexibility index (Phi) is 2.66. The number of halogens is 2. The van der Waals surface area contributed by atoms with E-state index in [-0.39, 0.29) is 6.10 Å². The van der Waals surface area contributed by atoms with E-state index in [4.69, 9.17) is 27.9 Å². The van der Waals surface area contributed by atoms with E-state index >= 15 is 0 Å². The van der Waals surface area contributed by atoms with Crippen molar-refractivity contribution in [2.24, 2.45) is 4.99 Å². The monoisotopic (exact) mass is 229 g/mol. The van der Waals surface area contributed by atoms with Gasteiger partial charge in [0, 0.05) is 5.02 Å². The molecular formula is C10H9Cl2NO. The first-order chi connectivity index (χ1) is 6.66. The lowest BCUT2D eigenvalue weighted by Gasteiger charge is -2.07. The van der Waals surface area contributed by atoms with Gasteiger partial charge in [-0.1, -0.05) is 23.2 Å². The Morgan fingerprint density at radius 2 is 2.21 bits per heavy atom. The van der Waals surface area contributed by atoms with Crippen molar-refractivity contribution < 1.29 is 4.74 Å². The molecule has 1 unspecified atom stereocenters. The second-order valence-electron chi connectivity index (χ2n) is 3.20. The molecule has 0 saturated carbocycles. The van der Waals surface area contributed by atoms with Crippen molar-refractivity contribution in [1.82, 2.24) is 0 Å². The van der Waals surface area contributed by atoms with Crippen molar-refractivity contribution >= 4 is 29.1 Å². The maximum absolute atomic E-state index is 6.01. The Labute approximate surface area is 92.5 Å². The zero-order chi connectivity index (χ0) is 10.1. The molecule has 1 aromatic rings. The van der Waals surface area contributed by atoms with E-state index in [1.807, 2.05) is 13.0 Å². The van der Waals surface area contributed by atoms with E-state index in [9.17, 15) is 0 Å². The van der Waals surface area contributed by atoms with Crippen LogP contribution in [0, 0.1) is 0 Å². The zero-order valence-electron chi connectivity index (χ0n) is 7.63. The summed E-state index contributed by atoms with van der Waals surface area (Å²) < 4.78 is 5.49. The molecule has 1 atom stereocenters. The average Bonchev–Trinajstić information content (AvgIpc) is 2.51.